The fourth-order valence-corrected chi connectivity index (χ4v) is 3.19. The number of fused-ring (bicyclic) bond motifs is 1. The van der Waals surface area contributed by atoms with Gasteiger partial charge in [0, 0.05) is 17.5 Å². The third kappa shape index (κ3) is 3.30. The average molecular weight is 299 g/mol. The first-order valence-corrected chi connectivity index (χ1v) is 7.74. The SMILES string of the molecule is Cc1cc(NC2CCC(NC(=O)O)CC2)nc2ccccc12. The van der Waals surface area contributed by atoms with E-state index in [1.807, 2.05) is 18.2 Å². The number of pyridine rings is 1. The van der Waals surface area contributed by atoms with Crippen molar-refractivity contribution in [2.45, 2.75) is 44.7 Å². The van der Waals surface area contributed by atoms with Crippen molar-refractivity contribution in [3.8, 4) is 0 Å². The molecule has 1 heterocycles. The molecule has 1 amide bonds. The lowest BCUT2D eigenvalue weighted by Gasteiger charge is -2.29. The molecule has 1 aromatic carbocycles. The summed E-state index contributed by atoms with van der Waals surface area (Å²) in [7, 11) is 0. The molecule has 3 rings (SSSR count). The molecule has 0 unspecified atom stereocenters. The van der Waals surface area contributed by atoms with Crippen molar-refractivity contribution in [3.05, 3.63) is 35.9 Å². The number of benzene rings is 1. The predicted octanol–water partition coefficient (Wildman–Crippen LogP) is 3.53. The van der Waals surface area contributed by atoms with Crippen molar-refractivity contribution in [2.24, 2.45) is 0 Å². The second-order valence-corrected chi connectivity index (χ2v) is 5.98. The number of carbonyl (C=O) groups is 1. The van der Waals surface area contributed by atoms with E-state index >= 15 is 0 Å². The standard InChI is InChI=1S/C17H21N3O2/c1-11-10-16(20-15-5-3-2-4-14(11)15)18-12-6-8-13(9-7-12)19-17(21)22/h2-5,10,12-13,19H,6-9H2,1H3,(H,18,20)(H,21,22). The lowest BCUT2D eigenvalue weighted by molar-refractivity contribution is 0.185. The first kappa shape index (κ1) is 14.6. The molecular formula is C17H21N3O2. The van der Waals surface area contributed by atoms with Crippen LogP contribution in [0.15, 0.2) is 30.3 Å². The van der Waals surface area contributed by atoms with Crippen LogP contribution in [0.25, 0.3) is 10.9 Å². The normalized spacial score (nSPS) is 21.5. The Morgan fingerprint density at radius 1 is 1.18 bits per heavy atom. The summed E-state index contributed by atoms with van der Waals surface area (Å²) in [4.78, 5) is 15.3. The van der Waals surface area contributed by atoms with E-state index in [-0.39, 0.29) is 6.04 Å². The topological polar surface area (TPSA) is 74.2 Å². The minimum atomic E-state index is -0.928. The molecule has 1 aliphatic carbocycles. The fraction of sp³-hybridized carbons (Fsp3) is 0.412. The third-order valence-electron chi connectivity index (χ3n) is 4.33. The van der Waals surface area contributed by atoms with Gasteiger partial charge in [0.15, 0.2) is 0 Å². The second-order valence-electron chi connectivity index (χ2n) is 5.98. The van der Waals surface area contributed by atoms with Gasteiger partial charge in [0.05, 0.1) is 5.52 Å². The van der Waals surface area contributed by atoms with Crippen molar-refractivity contribution >= 4 is 22.8 Å². The summed E-state index contributed by atoms with van der Waals surface area (Å²) in [6.07, 6.45) is 2.73. The summed E-state index contributed by atoms with van der Waals surface area (Å²) >= 11 is 0. The van der Waals surface area contributed by atoms with Crippen LogP contribution >= 0.6 is 0 Å². The highest BCUT2D eigenvalue weighted by atomic mass is 16.4. The molecule has 0 saturated heterocycles. The molecule has 1 aliphatic rings. The first-order valence-electron chi connectivity index (χ1n) is 7.74. The van der Waals surface area contributed by atoms with Crippen LogP contribution in [0.4, 0.5) is 10.6 Å². The third-order valence-corrected chi connectivity index (χ3v) is 4.33. The molecule has 0 aliphatic heterocycles. The summed E-state index contributed by atoms with van der Waals surface area (Å²) in [6, 6.07) is 10.7. The molecule has 1 fully saturated rings. The van der Waals surface area contributed by atoms with E-state index in [0.717, 1.165) is 37.0 Å². The number of nitrogens with one attached hydrogen (secondary N) is 2. The van der Waals surface area contributed by atoms with Crippen LogP contribution in [0.3, 0.4) is 0 Å². The summed E-state index contributed by atoms with van der Waals surface area (Å²) < 4.78 is 0. The van der Waals surface area contributed by atoms with Gasteiger partial charge in [-0.15, -0.1) is 0 Å². The molecule has 5 heteroatoms. The van der Waals surface area contributed by atoms with Gasteiger partial charge < -0.3 is 15.7 Å². The van der Waals surface area contributed by atoms with Crippen molar-refractivity contribution in [1.29, 1.82) is 0 Å². The van der Waals surface area contributed by atoms with E-state index in [1.54, 1.807) is 0 Å². The van der Waals surface area contributed by atoms with Gasteiger partial charge in [-0.25, -0.2) is 9.78 Å². The molecule has 0 radical (unpaired) electrons. The molecule has 0 atom stereocenters. The quantitative estimate of drug-likeness (QED) is 0.810. The van der Waals surface area contributed by atoms with Gasteiger partial charge in [0.1, 0.15) is 5.82 Å². The van der Waals surface area contributed by atoms with Crippen LogP contribution < -0.4 is 10.6 Å². The highest BCUT2D eigenvalue weighted by Crippen LogP contribution is 2.24. The van der Waals surface area contributed by atoms with Crippen LogP contribution in [0, 0.1) is 6.92 Å². The van der Waals surface area contributed by atoms with Crippen LogP contribution in [-0.2, 0) is 0 Å². The lowest BCUT2D eigenvalue weighted by atomic mass is 9.91. The van der Waals surface area contributed by atoms with E-state index in [0.29, 0.717) is 6.04 Å². The zero-order valence-electron chi connectivity index (χ0n) is 12.7. The molecule has 1 aromatic heterocycles. The number of carboxylic acid groups (broad SMARTS) is 1. The number of rotatable bonds is 3. The van der Waals surface area contributed by atoms with Crippen molar-refractivity contribution in [2.75, 3.05) is 5.32 Å². The maximum atomic E-state index is 10.7. The summed E-state index contributed by atoms with van der Waals surface area (Å²) in [6.45, 7) is 2.10. The average Bonchev–Trinajstić information content (AvgIpc) is 2.49. The Hall–Kier alpha value is -2.30. The Morgan fingerprint density at radius 3 is 2.59 bits per heavy atom. The van der Waals surface area contributed by atoms with E-state index < -0.39 is 6.09 Å². The first-order chi connectivity index (χ1) is 10.6. The number of aryl methyl sites for hydroxylation is 1. The highest BCUT2D eigenvalue weighted by Gasteiger charge is 2.22. The second kappa shape index (κ2) is 6.22. The van der Waals surface area contributed by atoms with Crippen molar-refractivity contribution < 1.29 is 9.90 Å². The lowest BCUT2D eigenvalue weighted by Crippen LogP contribution is -2.39. The Morgan fingerprint density at radius 2 is 1.86 bits per heavy atom. The van der Waals surface area contributed by atoms with Gasteiger partial charge in [-0.2, -0.15) is 0 Å². The monoisotopic (exact) mass is 299 g/mol. The molecule has 1 saturated carbocycles. The van der Waals surface area contributed by atoms with E-state index in [2.05, 4.69) is 34.7 Å². The number of hydrogen-bond donors (Lipinski definition) is 3. The molecule has 22 heavy (non-hydrogen) atoms. The Balaban J connectivity index is 1.66. The largest absolute Gasteiger partial charge is 0.465 e. The number of hydrogen-bond acceptors (Lipinski definition) is 3. The van der Waals surface area contributed by atoms with E-state index in [4.69, 9.17) is 5.11 Å². The molecule has 0 bridgehead atoms. The molecule has 116 valence electrons. The minimum absolute atomic E-state index is 0.0850. The van der Waals surface area contributed by atoms with Gasteiger partial charge >= 0.3 is 6.09 Å². The van der Waals surface area contributed by atoms with Crippen molar-refractivity contribution in [1.82, 2.24) is 10.3 Å². The van der Waals surface area contributed by atoms with E-state index in [1.165, 1.54) is 10.9 Å². The molecule has 0 spiro atoms. The predicted molar refractivity (Wildman–Crippen MR) is 87.3 cm³/mol. The van der Waals surface area contributed by atoms with Gasteiger partial charge in [-0.3, -0.25) is 0 Å². The number of aromatic nitrogens is 1. The van der Waals surface area contributed by atoms with Gasteiger partial charge in [-0.05, 0) is 50.3 Å². The smallest absolute Gasteiger partial charge is 0.404 e. The van der Waals surface area contributed by atoms with Crippen LogP contribution in [0.1, 0.15) is 31.2 Å². The molecule has 3 N–H and O–H groups in total. The molecular weight excluding hydrogens is 278 g/mol. The Kier molecular flexibility index (Phi) is 4.13. The summed E-state index contributed by atoms with van der Waals surface area (Å²) in [5.74, 6) is 0.908. The highest BCUT2D eigenvalue weighted by molar-refractivity contribution is 5.83. The number of amides is 1. The summed E-state index contributed by atoms with van der Waals surface area (Å²) in [5.41, 5.74) is 2.22. The number of anilines is 1. The van der Waals surface area contributed by atoms with Crippen LogP contribution in [0.5, 0.6) is 0 Å². The maximum absolute atomic E-state index is 10.7. The van der Waals surface area contributed by atoms with Crippen LogP contribution in [0.2, 0.25) is 0 Å². The Labute approximate surface area is 129 Å². The zero-order valence-corrected chi connectivity index (χ0v) is 12.7. The maximum Gasteiger partial charge on any atom is 0.404 e. The number of nitrogens with zero attached hydrogens (tertiary/aromatic N) is 1. The van der Waals surface area contributed by atoms with Gasteiger partial charge in [-0.1, -0.05) is 18.2 Å². The van der Waals surface area contributed by atoms with Crippen molar-refractivity contribution in [3.63, 3.8) is 0 Å². The van der Waals surface area contributed by atoms with E-state index in [9.17, 15) is 4.79 Å². The fourth-order valence-electron chi connectivity index (χ4n) is 3.19. The summed E-state index contributed by atoms with van der Waals surface area (Å²) in [5, 5.41) is 16.0. The van der Waals surface area contributed by atoms with Gasteiger partial charge in [0.25, 0.3) is 0 Å². The zero-order chi connectivity index (χ0) is 15.5. The molecule has 2 aromatic rings. The Bertz CT molecular complexity index is 679. The number of para-hydroxylation sites is 1. The van der Waals surface area contributed by atoms with Crippen LogP contribution in [-0.4, -0.2) is 28.3 Å². The molecule has 5 nitrogen and oxygen atoms in total. The minimum Gasteiger partial charge on any atom is -0.465 e. The van der Waals surface area contributed by atoms with Gasteiger partial charge in [0.2, 0.25) is 0 Å².